The molecule has 29 heavy (non-hydrogen) atoms. The van der Waals surface area contributed by atoms with Crippen LogP contribution in [0.4, 0.5) is 10.8 Å². The van der Waals surface area contributed by atoms with Crippen molar-refractivity contribution >= 4 is 40.0 Å². The van der Waals surface area contributed by atoms with E-state index >= 15 is 0 Å². The second-order valence-electron chi connectivity index (χ2n) is 6.73. The van der Waals surface area contributed by atoms with Crippen LogP contribution in [0.5, 0.6) is 0 Å². The Morgan fingerprint density at radius 2 is 1.90 bits per heavy atom. The van der Waals surface area contributed by atoms with Crippen LogP contribution in [0.2, 0.25) is 0 Å². The van der Waals surface area contributed by atoms with Gasteiger partial charge in [-0.3, -0.25) is 14.5 Å². The van der Waals surface area contributed by atoms with Gasteiger partial charge in [-0.1, -0.05) is 42.0 Å². The average Bonchev–Trinajstić information content (AvgIpc) is 3.15. The van der Waals surface area contributed by atoms with E-state index in [0.29, 0.717) is 17.4 Å². The summed E-state index contributed by atoms with van der Waals surface area (Å²) in [4.78, 5) is 30.3. The summed E-state index contributed by atoms with van der Waals surface area (Å²) in [6.07, 6.45) is 3.11. The maximum absolute atomic E-state index is 12.2. The molecular weight excluding hydrogens is 382 g/mol. The molecule has 0 atom stereocenters. The largest absolute Gasteiger partial charge is 0.348 e. The van der Waals surface area contributed by atoms with E-state index in [1.54, 1.807) is 11.0 Å². The van der Waals surface area contributed by atoms with Crippen molar-refractivity contribution in [1.82, 2.24) is 10.3 Å². The summed E-state index contributed by atoms with van der Waals surface area (Å²) in [7, 11) is 0. The fourth-order valence-electron chi connectivity index (χ4n) is 2.91. The smallest absolute Gasteiger partial charge is 0.244 e. The first-order chi connectivity index (χ1) is 13.9. The number of benzene rings is 2. The zero-order chi connectivity index (χ0) is 20.8. The number of thiazole rings is 1. The van der Waals surface area contributed by atoms with E-state index in [-0.39, 0.29) is 11.8 Å². The van der Waals surface area contributed by atoms with Gasteiger partial charge in [0.2, 0.25) is 11.8 Å². The van der Waals surface area contributed by atoms with Crippen molar-refractivity contribution in [3.05, 3.63) is 82.4 Å². The maximum atomic E-state index is 12.2. The molecule has 0 saturated carbocycles. The van der Waals surface area contributed by atoms with Gasteiger partial charge in [-0.2, -0.15) is 0 Å². The molecule has 0 saturated heterocycles. The molecule has 0 aliphatic heterocycles. The van der Waals surface area contributed by atoms with Gasteiger partial charge in [0.15, 0.2) is 5.13 Å². The molecule has 3 aromatic rings. The highest BCUT2D eigenvalue weighted by molar-refractivity contribution is 7.14. The van der Waals surface area contributed by atoms with Crippen LogP contribution in [0.1, 0.15) is 29.3 Å². The van der Waals surface area contributed by atoms with E-state index in [9.17, 15) is 9.59 Å². The molecule has 6 heteroatoms. The van der Waals surface area contributed by atoms with Gasteiger partial charge >= 0.3 is 0 Å². The van der Waals surface area contributed by atoms with Crippen LogP contribution in [0, 0.1) is 13.8 Å². The summed E-state index contributed by atoms with van der Waals surface area (Å²) in [6, 6.07) is 15.5. The minimum Gasteiger partial charge on any atom is -0.348 e. The Kier molecular flexibility index (Phi) is 6.57. The van der Waals surface area contributed by atoms with E-state index in [4.69, 9.17) is 0 Å². The third kappa shape index (κ3) is 5.39. The van der Waals surface area contributed by atoms with Gasteiger partial charge < -0.3 is 5.32 Å². The number of amides is 2. The molecule has 0 unspecified atom stereocenters. The standard InChI is InChI=1S/C23H23N3O2S/c1-16-9-10-19(17(2)13-16)14-24-22(28)12-11-20-15-29-23(25-20)26(18(3)27)21-7-5-4-6-8-21/h4-13,15H,14H2,1-3H3,(H,24,28)/b12-11+. The third-order valence-corrected chi connectivity index (χ3v) is 5.23. The van der Waals surface area contributed by atoms with Crippen LogP contribution in [0.25, 0.3) is 6.08 Å². The zero-order valence-corrected chi connectivity index (χ0v) is 17.5. The zero-order valence-electron chi connectivity index (χ0n) is 16.7. The molecule has 148 valence electrons. The Hall–Kier alpha value is -3.25. The Labute approximate surface area is 174 Å². The van der Waals surface area contributed by atoms with Crippen molar-refractivity contribution in [2.24, 2.45) is 0 Å². The lowest BCUT2D eigenvalue weighted by Crippen LogP contribution is -2.22. The van der Waals surface area contributed by atoms with Gasteiger partial charge in [-0.15, -0.1) is 11.3 Å². The molecule has 1 aromatic heterocycles. The van der Waals surface area contributed by atoms with Crippen LogP contribution in [0.3, 0.4) is 0 Å². The van der Waals surface area contributed by atoms with Gasteiger partial charge in [0, 0.05) is 24.9 Å². The van der Waals surface area contributed by atoms with Crippen LogP contribution in [-0.2, 0) is 16.1 Å². The second kappa shape index (κ2) is 9.30. The SMILES string of the molecule is CC(=O)N(c1ccccc1)c1nc(/C=C/C(=O)NCc2ccc(C)cc2C)cs1. The Morgan fingerprint density at radius 1 is 1.14 bits per heavy atom. The lowest BCUT2D eigenvalue weighted by Gasteiger charge is -2.17. The molecule has 1 heterocycles. The number of carbonyl (C=O) groups is 2. The summed E-state index contributed by atoms with van der Waals surface area (Å²) in [5, 5.41) is 5.28. The molecular formula is C23H23N3O2S. The fraction of sp³-hybridized carbons (Fsp3) is 0.174. The van der Waals surface area contributed by atoms with Crippen LogP contribution in [-0.4, -0.2) is 16.8 Å². The maximum Gasteiger partial charge on any atom is 0.244 e. The fourth-order valence-corrected chi connectivity index (χ4v) is 3.76. The molecule has 2 aromatic carbocycles. The number of aryl methyl sites for hydroxylation is 2. The highest BCUT2D eigenvalue weighted by Crippen LogP contribution is 2.28. The average molecular weight is 406 g/mol. The minimum absolute atomic E-state index is 0.118. The summed E-state index contributed by atoms with van der Waals surface area (Å²) >= 11 is 1.36. The van der Waals surface area contributed by atoms with Crippen molar-refractivity contribution in [2.45, 2.75) is 27.3 Å². The summed E-state index contributed by atoms with van der Waals surface area (Å²) < 4.78 is 0. The first-order valence-corrected chi connectivity index (χ1v) is 10.2. The van der Waals surface area contributed by atoms with Gasteiger partial charge in [0.1, 0.15) is 0 Å². The molecule has 5 nitrogen and oxygen atoms in total. The number of aromatic nitrogens is 1. The predicted octanol–water partition coefficient (Wildman–Crippen LogP) is 4.77. The molecule has 0 fully saturated rings. The minimum atomic E-state index is -0.189. The first kappa shape index (κ1) is 20.5. The highest BCUT2D eigenvalue weighted by atomic mass is 32.1. The number of rotatable bonds is 6. The van der Waals surface area contributed by atoms with E-state index in [1.807, 2.05) is 61.7 Å². The van der Waals surface area contributed by atoms with E-state index in [1.165, 1.54) is 29.9 Å². The molecule has 3 rings (SSSR count). The molecule has 0 radical (unpaired) electrons. The molecule has 1 N–H and O–H groups in total. The van der Waals surface area contributed by atoms with Crippen molar-refractivity contribution < 1.29 is 9.59 Å². The van der Waals surface area contributed by atoms with Gasteiger partial charge in [-0.25, -0.2) is 4.98 Å². The first-order valence-electron chi connectivity index (χ1n) is 9.27. The van der Waals surface area contributed by atoms with Crippen LogP contribution >= 0.6 is 11.3 Å². The van der Waals surface area contributed by atoms with Gasteiger partial charge in [0.05, 0.1) is 11.4 Å². The Morgan fingerprint density at radius 3 is 2.59 bits per heavy atom. The molecule has 2 amide bonds. The van der Waals surface area contributed by atoms with Crippen molar-refractivity contribution in [3.63, 3.8) is 0 Å². The number of anilines is 2. The van der Waals surface area contributed by atoms with Crippen LogP contribution < -0.4 is 10.2 Å². The molecule has 0 bridgehead atoms. The normalized spacial score (nSPS) is 10.9. The number of para-hydroxylation sites is 1. The number of nitrogens with one attached hydrogen (secondary N) is 1. The summed E-state index contributed by atoms with van der Waals surface area (Å²) in [5.74, 6) is -0.307. The van der Waals surface area contributed by atoms with Gasteiger partial charge in [-0.05, 0) is 43.2 Å². The van der Waals surface area contributed by atoms with Crippen molar-refractivity contribution in [1.29, 1.82) is 0 Å². The number of nitrogens with zero attached hydrogens (tertiary/aromatic N) is 2. The third-order valence-electron chi connectivity index (χ3n) is 4.39. The van der Waals surface area contributed by atoms with E-state index < -0.39 is 0 Å². The summed E-state index contributed by atoms with van der Waals surface area (Å²) in [6.45, 7) is 6.06. The lowest BCUT2D eigenvalue weighted by molar-refractivity contribution is -0.117. The number of hydrogen-bond acceptors (Lipinski definition) is 4. The molecule has 0 aliphatic carbocycles. The van der Waals surface area contributed by atoms with E-state index in [0.717, 1.165) is 16.8 Å². The Balaban J connectivity index is 1.65. The number of hydrogen-bond donors (Lipinski definition) is 1. The second-order valence-corrected chi connectivity index (χ2v) is 7.56. The topological polar surface area (TPSA) is 62.3 Å². The predicted molar refractivity (Wildman–Crippen MR) is 118 cm³/mol. The van der Waals surface area contributed by atoms with Crippen molar-refractivity contribution in [3.8, 4) is 0 Å². The van der Waals surface area contributed by atoms with Gasteiger partial charge in [0.25, 0.3) is 0 Å². The lowest BCUT2D eigenvalue weighted by atomic mass is 10.1. The number of carbonyl (C=O) groups excluding carboxylic acids is 2. The molecule has 0 aliphatic rings. The molecule has 0 spiro atoms. The highest BCUT2D eigenvalue weighted by Gasteiger charge is 2.17. The Bertz CT molecular complexity index is 1040. The monoisotopic (exact) mass is 405 g/mol. The van der Waals surface area contributed by atoms with E-state index in [2.05, 4.69) is 16.4 Å². The van der Waals surface area contributed by atoms with Crippen LogP contribution in [0.15, 0.2) is 60.0 Å². The van der Waals surface area contributed by atoms with Crippen molar-refractivity contribution in [2.75, 3.05) is 4.90 Å². The summed E-state index contributed by atoms with van der Waals surface area (Å²) in [5.41, 5.74) is 4.84. The quantitative estimate of drug-likeness (QED) is 0.601.